The Morgan fingerprint density at radius 3 is 2.35 bits per heavy atom. The van der Waals surface area contributed by atoms with Crippen molar-refractivity contribution in [3.63, 3.8) is 0 Å². The van der Waals surface area contributed by atoms with Crippen molar-refractivity contribution in [2.45, 2.75) is 0 Å². The highest BCUT2D eigenvalue weighted by molar-refractivity contribution is 7.14. The zero-order valence-electron chi connectivity index (χ0n) is 19.6. The van der Waals surface area contributed by atoms with Crippen LogP contribution in [-0.4, -0.2) is 28.0 Å². The summed E-state index contributed by atoms with van der Waals surface area (Å²) >= 11 is 7.19. The maximum atomic E-state index is 13.2. The summed E-state index contributed by atoms with van der Waals surface area (Å²) in [7, 11) is 1.52. The van der Waals surface area contributed by atoms with Crippen LogP contribution in [0.2, 0.25) is 5.02 Å². The molecule has 0 atom stereocenters. The van der Waals surface area contributed by atoms with E-state index in [0.717, 1.165) is 11.1 Å². The summed E-state index contributed by atoms with van der Waals surface area (Å²) in [5.74, 6) is -1.32. The fourth-order valence-electron chi connectivity index (χ4n) is 4.04. The van der Waals surface area contributed by atoms with Gasteiger partial charge < -0.3 is 9.30 Å². The molecule has 2 heterocycles. The molecule has 5 rings (SSSR count). The summed E-state index contributed by atoms with van der Waals surface area (Å²) in [6, 6.07) is 23.6. The molecule has 0 saturated heterocycles. The lowest BCUT2D eigenvalue weighted by Gasteiger charge is -2.16. The van der Waals surface area contributed by atoms with Crippen molar-refractivity contribution in [1.82, 2.24) is 9.55 Å². The summed E-state index contributed by atoms with van der Waals surface area (Å²) in [4.78, 5) is 43.2. The van der Waals surface area contributed by atoms with Crippen LogP contribution in [0.3, 0.4) is 0 Å². The number of carbonyl (C=O) groups is 2. The number of hydrogen-bond acceptors (Lipinski definition) is 6. The minimum Gasteiger partial charge on any atom is -0.451 e. The van der Waals surface area contributed by atoms with E-state index in [9.17, 15) is 14.4 Å². The smallest absolute Gasteiger partial charge is 0.356 e. The average molecular weight is 530 g/mol. The van der Waals surface area contributed by atoms with Gasteiger partial charge in [0.1, 0.15) is 5.69 Å². The lowest BCUT2D eigenvalue weighted by atomic mass is 9.97. The summed E-state index contributed by atoms with van der Waals surface area (Å²) in [5, 5.41) is 6.56. The van der Waals surface area contributed by atoms with Crippen LogP contribution < -0.4 is 10.9 Å². The third kappa shape index (κ3) is 5.02. The van der Waals surface area contributed by atoms with Gasteiger partial charge in [-0.05, 0) is 29.1 Å². The first-order valence-electron chi connectivity index (χ1n) is 11.3. The van der Waals surface area contributed by atoms with Gasteiger partial charge in [-0.15, -0.1) is 11.3 Å². The second kappa shape index (κ2) is 10.4. The number of fused-ring (bicyclic) bond motifs is 1. The molecule has 0 aliphatic carbocycles. The van der Waals surface area contributed by atoms with Crippen molar-refractivity contribution < 1.29 is 14.3 Å². The molecule has 1 amide bonds. The second-order valence-electron chi connectivity index (χ2n) is 8.17. The van der Waals surface area contributed by atoms with Gasteiger partial charge in [-0.25, -0.2) is 9.78 Å². The van der Waals surface area contributed by atoms with Crippen LogP contribution in [-0.2, 0) is 16.6 Å². The van der Waals surface area contributed by atoms with E-state index < -0.39 is 18.5 Å². The van der Waals surface area contributed by atoms with E-state index in [1.807, 2.05) is 53.9 Å². The maximum Gasteiger partial charge on any atom is 0.356 e. The van der Waals surface area contributed by atoms with Crippen LogP contribution >= 0.6 is 22.9 Å². The zero-order valence-corrected chi connectivity index (χ0v) is 21.2. The Bertz CT molecular complexity index is 1680. The Balaban J connectivity index is 1.37. The number of benzene rings is 3. The number of hydrogen-bond donors (Lipinski definition) is 1. The summed E-state index contributed by atoms with van der Waals surface area (Å²) in [6.45, 7) is -0.538. The SMILES string of the molecule is Cn1c(C(=O)OCC(=O)Nc2nc(-c3ccc(Cl)cc3)cs2)c(-c2ccccc2)c2ccccc2c1=O. The molecule has 184 valence electrons. The van der Waals surface area contributed by atoms with E-state index in [-0.39, 0.29) is 11.3 Å². The number of ether oxygens (including phenoxy) is 1. The van der Waals surface area contributed by atoms with Crippen LogP contribution in [0.5, 0.6) is 0 Å². The standard InChI is InChI=1S/C28H20ClN3O4S/c1-32-25(24(18-7-3-2-4-8-18)20-9-5-6-10-21(20)26(32)34)27(35)36-15-23(33)31-28-30-22(16-37-28)17-11-13-19(29)14-12-17/h2-14,16H,15H2,1H3,(H,30,31,33). The first-order chi connectivity index (χ1) is 17.9. The van der Waals surface area contributed by atoms with Crippen molar-refractivity contribution >= 4 is 50.7 Å². The van der Waals surface area contributed by atoms with Crippen LogP contribution in [0.25, 0.3) is 33.2 Å². The van der Waals surface area contributed by atoms with Crippen molar-refractivity contribution in [3.05, 3.63) is 105 Å². The van der Waals surface area contributed by atoms with E-state index in [0.29, 0.717) is 32.2 Å². The van der Waals surface area contributed by atoms with Gasteiger partial charge in [-0.2, -0.15) is 0 Å². The quantitative estimate of drug-likeness (QED) is 0.282. The Morgan fingerprint density at radius 2 is 1.62 bits per heavy atom. The molecule has 0 saturated carbocycles. The number of pyridine rings is 1. The van der Waals surface area contributed by atoms with E-state index in [1.54, 1.807) is 30.3 Å². The monoisotopic (exact) mass is 529 g/mol. The summed E-state index contributed by atoms with van der Waals surface area (Å²) < 4.78 is 6.63. The number of aromatic nitrogens is 2. The topological polar surface area (TPSA) is 90.3 Å². The number of nitrogens with zero attached hydrogens (tertiary/aromatic N) is 2. The molecule has 2 aromatic heterocycles. The van der Waals surface area contributed by atoms with Gasteiger partial charge in [0, 0.05) is 34.0 Å². The lowest BCUT2D eigenvalue weighted by Crippen LogP contribution is -2.28. The van der Waals surface area contributed by atoms with Gasteiger partial charge in [0.15, 0.2) is 11.7 Å². The number of thiazole rings is 1. The van der Waals surface area contributed by atoms with Crippen LogP contribution in [0.15, 0.2) is 89.0 Å². The Kier molecular flexibility index (Phi) is 6.85. The molecule has 9 heteroatoms. The highest BCUT2D eigenvalue weighted by atomic mass is 35.5. The molecule has 0 unspecified atom stereocenters. The van der Waals surface area contributed by atoms with Gasteiger partial charge in [0.2, 0.25) is 0 Å². The number of esters is 1. The molecule has 0 bridgehead atoms. The lowest BCUT2D eigenvalue weighted by molar-refractivity contribution is -0.119. The number of anilines is 1. The molecule has 0 fully saturated rings. The van der Waals surface area contributed by atoms with E-state index >= 15 is 0 Å². The molecule has 1 N–H and O–H groups in total. The van der Waals surface area contributed by atoms with Crippen molar-refractivity contribution in [1.29, 1.82) is 0 Å². The average Bonchev–Trinajstić information content (AvgIpc) is 3.38. The third-order valence-electron chi connectivity index (χ3n) is 5.78. The highest BCUT2D eigenvalue weighted by Crippen LogP contribution is 2.31. The van der Waals surface area contributed by atoms with E-state index in [1.165, 1.54) is 23.0 Å². The minimum absolute atomic E-state index is 0.0713. The first-order valence-corrected chi connectivity index (χ1v) is 12.5. The molecule has 0 aliphatic rings. The Labute approximate surface area is 220 Å². The predicted molar refractivity (Wildman–Crippen MR) is 146 cm³/mol. The number of carbonyl (C=O) groups excluding carboxylic acids is 2. The second-order valence-corrected chi connectivity index (χ2v) is 9.46. The number of amides is 1. The van der Waals surface area contributed by atoms with Gasteiger partial charge in [-0.3, -0.25) is 14.9 Å². The van der Waals surface area contributed by atoms with Gasteiger partial charge in [-0.1, -0.05) is 72.3 Å². The number of nitrogens with one attached hydrogen (secondary N) is 1. The van der Waals surface area contributed by atoms with Crippen molar-refractivity contribution in [3.8, 4) is 22.4 Å². The maximum absolute atomic E-state index is 13.2. The van der Waals surface area contributed by atoms with E-state index in [2.05, 4.69) is 10.3 Å². The number of halogens is 1. The molecular weight excluding hydrogens is 510 g/mol. The third-order valence-corrected chi connectivity index (χ3v) is 6.79. The largest absolute Gasteiger partial charge is 0.451 e. The van der Waals surface area contributed by atoms with Crippen molar-refractivity contribution in [2.75, 3.05) is 11.9 Å². The molecule has 0 radical (unpaired) electrons. The fourth-order valence-corrected chi connectivity index (χ4v) is 4.90. The zero-order chi connectivity index (χ0) is 25.9. The molecule has 0 spiro atoms. The van der Waals surface area contributed by atoms with E-state index in [4.69, 9.17) is 16.3 Å². The van der Waals surface area contributed by atoms with Gasteiger partial charge in [0.05, 0.1) is 5.69 Å². The number of rotatable bonds is 6. The molecule has 37 heavy (non-hydrogen) atoms. The van der Waals surface area contributed by atoms with Gasteiger partial charge in [0.25, 0.3) is 11.5 Å². The van der Waals surface area contributed by atoms with Gasteiger partial charge >= 0.3 is 5.97 Å². The molecule has 5 aromatic rings. The highest BCUT2D eigenvalue weighted by Gasteiger charge is 2.23. The van der Waals surface area contributed by atoms with Crippen LogP contribution in [0, 0.1) is 0 Å². The summed E-state index contributed by atoms with van der Waals surface area (Å²) in [5.41, 5.74) is 2.61. The normalized spacial score (nSPS) is 10.9. The molecule has 3 aromatic carbocycles. The first kappa shape index (κ1) is 24.4. The van der Waals surface area contributed by atoms with Crippen LogP contribution in [0.1, 0.15) is 10.5 Å². The minimum atomic E-state index is -0.777. The molecule has 7 nitrogen and oxygen atoms in total. The van der Waals surface area contributed by atoms with Crippen LogP contribution in [0.4, 0.5) is 5.13 Å². The van der Waals surface area contributed by atoms with Crippen molar-refractivity contribution in [2.24, 2.45) is 7.05 Å². The molecular formula is C28H20ClN3O4S. The predicted octanol–water partition coefficient (Wildman–Crippen LogP) is 5.78. The Morgan fingerprint density at radius 1 is 0.946 bits per heavy atom. The Hall–Kier alpha value is -4.27. The summed E-state index contributed by atoms with van der Waals surface area (Å²) in [6.07, 6.45) is 0. The fraction of sp³-hybridized carbons (Fsp3) is 0.0714. The molecule has 0 aliphatic heterocycles.